The van der Waals surface area contributed by atoms with Crippen LogP contribution in [0.1, 0.15) is 31.7 Å². The molecule has 0 atom stereocenters. The number of aromatic hydroxyl groups is 1. The van der Waals surface area contributed by atoms with Crippen LogP contribution >= 0.6 is 0 Å². The second-order valence-electron chi connectivity index (χ2n) is 3.50. The van der Waals surface area contributed by atoms with Crippen LogP contribution in [0.2, 0.25) is 0 Å². The van der Waals surface area contributed by atoms with Crippen molar-refractivity contribution in [1.82, 2.24) is 0 Å². The molecule has 0 aromatic heterocycles. The number of hydrogen-bond acceptors (Lipinski definition) is 2. The zero-order valence-corrected chi connectivity index (χ0v) is 8.92. The van der Waals surface area contributed by atoms with E-state index in [1.807, 2.05) is 19.1 Å². The van der Waals surface area contributed by atoms with Crippen molar-refractivity contribution in [2.75, 3.05) is 6.61 Å². The molecule has 2 nitrogen and oxygen atoms in total. The summed E-state index contributed by atoms with van der Waals surface area (Å²) in [6.07, 6.45) is 3.46. The highest BCUT2D eigenvalue weighted by Crippen LogP contribution is 2.22. The quantitative estimate of drug-likeness (QED) is 0.729. The van der Waals surface area contributed by atoms with Gasteiger partial charge in [-0.05, 0) is 25.0 Å². The van der Waals surface area contributed by atoms with Crippen molar-refractivity contribution in [3.05, 3.63) is 23.8 Å². The van der Waals surface area contributed by atoms with Gasteiger partial charge in [0.15, 0.2) is 0 Å². The average molecular weight is 194 g/mol. The van der Waals surface area contributed by atoms with E-state index >= 15 is 0 Å². The van der Waals surface area contributed by atoms with Crippen molar-refractivity contribution < 1.29 is 9.84 Å². The van der Waals surface area contributed by atoms with Gasteiger partial charge in [-0.25, -0.2) is 0 Å². The highest BCUT2D eigenvalue weighted by Gasteiger charge is 1.98. The van der Waals surface area contributed by atoms with Crippen LogP contribution < -0.4 is 4.74 Å². The fourth-order valence-corrected chi connectivity index (χ4v) is 1.22. The largest absolute Gasteiger partial charge is 0.508 e. The monoisotopic (exact) mass is 194 g/mol. The Bertz CT molecular complexity index is 282. The summed E-state index contributed by atoms with van der Waals surface area (Å²) in [6, 6.07) is 5.42. The fourth-order valence-electron chi connectivity index (χ4n) is 1.22. The lowest BCUT2D eigenvalue weighted by Crippen LogP contribution is -1.96. The summed E-state index contributed by atoms with van der Waals surface area (Å²) in [7, 11) is 0. The van der Waals surface area contributed by atoms with Crippen LogP contribution in [0.15, 0.2) is 18.2 Å². The molecule has 0 saturated heterocycles. The van der Waals surface area contributed by atoms with E-state index in [1.165, 1.54) is 12.8 Å². The molecule has 0 spiro atoms. The highest BCUT2D eigenvalue weighted by atomic mass is 16.5. The molecule has 1 rings (SSSR count). The smallest absolute Gasteiger partial charge is 0.122 e. The molecule has 0 fully saturated rings. The van der Waals surface area contributed by atoms with Crippen molar-refractivity contribution in [3.63, 3.8) is 0 Å². The SMILES string of the molecule is CCCCCOc1ccc(C)c(O)c1. The predicted octanol–water partition coefficient (Wildman–Crippen LogP) is 3.27. The minimum absolute atomic E-state index is 0.304. The van der Waals surface area contributed by atoms with E-state index in [2.05, 4.69) is 6.92 Å². The number of phenolic OH excluding ortho intramolecular Hbond substituents is 1. The molecule has 0 aliphatic heterocycles. The van der Waals surface area contributed by atoms with Crippen LogP contribution in [0.5, 0.6) is 11.5 Å². The van der Waals surface area contributed by atoms with Gasteiger partial charge < -0.3 is 9.84 Å². The summed E-state index contributed by atoms with van der Waals surface area (Å²) in [5.74, 6) is 1.06. The minimum atomic E-state index is 0.304. The van der Waals surface area contributed by atoms with Crippen LogP contribution in [0.4, 0.5) is 0 Å². The maximum Gasteiger partial charge on any atom is 0.122 e. The Morgan fingerprint density at radius 1 is 1.29 bits per heavy atom. The van der Waals surface area contributed by atoms with Crippen LogP contribution in [0.3, 0.4) is 0 Å². The number of ether oxygens (including phenoxy) is 1. The van der Waals surface area contributed by atoms with E-state index in [1.54, 1.807) is 6.07 Å². The van der Waals surface area contributed by atoms with Crippen molar-refractivity contribution in [2.45, 2.75) is 33.1 Å². The van der Waals surface area contributed by atoms with E-state index in [-0.39, 0.29) is 0 Å². The van der Waals surface area contributed by atoms with Gasteiger partial charge >= 0.3 is 0 Å². The lowest BCUT2D eigenvalue weighted by atomic mass is 10.2. The van der Waals surface area contributed by atoms with Crippen molar-refractivity contribution in [1.29, 1.82) is 0 Å². The predicted molar refractivity (Wildman–Crippen MR) is 57.9 cm³/mol. The van der Waals surface area contributed by atoms with Crippen molar-refractivity contribution in [3.8, 4) is 11.5 Å². The number of phenols is 1. The van der Waals surface area contributed by atoms with E-state index < -0.39 is 0 Å². The second kappa shape index (κ2) is 5.53. The van der Waals surface area contributed by atoms with Gasteiger partial charge in [-0.1, -0.05) is 25.8 Å². The molecular formula is C12H18O2. The molecule has 1 N–H and O–H groups in total. The maximum atomic E-state index is 9.42. The first-order chi connectivity index (χ1) is 6.74. The highest BCUT2D eigenvalue weighted by molar-refractivity contribution is 5.38. The molecule has 1 aromatic rings. The topological polar surface area (TPSA) is 29.5 Å². The van der Waals surface area contributed by atoms with Crippen LogP contribution in [-0.4, -0.2) is 11.7 Å². The standard InChI is InChI=1S/C12H18O2/c1-3-4-5-8-14-11-7-6-10(2)12(13)9-11/h6-7,9,13H,3-5,8H2,1-2H3. The first-order valence-electron chi connectivity index (χ1n) is 5.16. The molecular weight excluding hydrogens is 176 g/mol. The van der Waals surface area contributed by atoms with Gasteiger partial charge in [-0.2, -0.15) is 0 Å². The Kier molecular flexibility index (Phi) is 4.30. The van der Waals surface area contributed by atoms with Gasteiger partial charge in [0, 0.05) is 6.07 Å². The van der Waals surface area contributed by atoms with Gasteiger partial charge in [0.2, 0.25) is 0 Å². The minimum Gasteiger partial charge on any atom is -0.508 e. The Morgan fingerprint density at radius 2 is 2.07 bits per heavy atom. The van der Waals surface area contributed by atoms with E-state index in [0.717, 1.165) is 24.3 Å². The molecule has 0 aliphatic carbocycles. The van der Waals surface area contributed by atoms with Crippen molar-refractivity contribution in [2.24, 2.45) is 0 Å². The molecule has 2 heteroatoms. The molecule has 0 heterocycles. The van der Waals surface area contributed by atoms with Crippen LogP contribution in [0, 0.1) is 6.92 Å². The van der Waals surface area contributed by atoms with E-state index in [4.69, 9.17) is 4.74 Å². The average Bonchev–Trinajstić information content (AvgIpc) is 2.18. The zero-order chi connectivity index (χ0) is 10.4. The molecule has 0 radical (unpaired) electrons. The molecule has 0 amide bonds. The zero-order valence-electron chi connectivity index (χ0n) is 8.92. The second-order valence-corrected chi connectivity index (χ2v) is 3.50. The molecule has 0 aliphatic rings. The number of aryl methyl sites for hydroxylation is 1. The normalized spacial score (nSPS) is 10.1. The van der Waals surface area contributed by atoms with Crippen molar-refractivity contribution >= 4 is 0 Å². The third kappa shape index (κ3) is 3.29. The first-order valence-corrected chi connectivity index (χ1v) is 5.16. The van der Waals surface area contributed by atoms with Gasteiger partial charge in [0.1, 0.15) is 11.5 Å². The van der Waals surface area contributed by atoms with Gasteiger partial charge in [-0.3, -0.25) is 0 Å². The van der Waals surface area contributed by atoms with E-state index in [9.17, 15) is 5.11 Å². The Hall–Kier alpha value is -1.18. The summed E-state index contributed by atoms with van der Waals surface area (Å²) in [4.78, 5) is 0. The number of benzene rings is 1. The number of unbranched alkanes of at least 4 members (excludes halogenated alkanes) is 2. The first kappa shape index (κ1) is 10.9. The Balaban J connectivity index is 2.39. The molecule has 0 unspecified atom stereocenters. The van der Waals surface area contributed by atoms with Crippen LogP contribution in [0.25, 0.3) is 0 Å². The van der Waals surface area contributed by atoms with Crippen LogP contribution in [-0.2, 0) is 0 Å². The van der Waals surface area contributed by atoms with Gasteiger partial charge in [-0.15, -0.1) is 0 Å². The Morgan fingerprint density at radius 3 is 2.71 bits per heavy atom. The summed E-state index contributed by atoms with van der Waals surface area (Å²) in [5, 5.41) is 9.42. The lowest BCUT2D eigenvalue weighted by Gasteiger charge is -2.06. The van der Waals surface area contributed by atoms with Gasteiger partial charge in [0.05, 0.1) is 6.61 Å². The maximum absolute atomic E-state index is 9.42. The lowest BCUT2D eigenvalue weighted by molar-refractivity contribution is 0.304. The molecule has 0 bridgehead atoms. The number of hydrogen-bond donors (Lipinski definition) is 1. The summed E-state index contributed by atoms with van der Waals surface area (Å²) >= 11 is 0. The molecule has 14 heavy (non-hydrogen) atoms. The Labute approximate surface area is 85.5 Å². The fraction of sp³-hybridized carbons (Fsp3) is 0.500. The molecule has 1 aromatic carbocycles. The number of rotatable bonds is 5. The third-order valence-corrected chi connectivity index (χ3v) is 2.20. The summed E-state index contributed by atoms with van der Waals surface area (Å²) in [5.41, 5.74) is 0.880. The van der Waals surface area contributed by atoms with Gasteiger partial charge in [0.25, 0.3) is 0 Å². The molecule has 78 valence electrons. The summed E-state index contributed by atoms with van der Waals surface area (Å²) in [6.45, 7) is 4.77. The third-order valence-electron chi connectivity index (χ3n) is 2.20. The molecule has 0 saturated carbocycles. The van der Waals surface area contributed by atoms with E-state index in [0.29, 0.717) is 5.75 Å². The summed E-state index contributed by atoms with van der Waals surface area (Å²) < 4.78 is 5.48.